The molecule has 1 aliphatic rings. The number of halogens is 1. The fourth-order valence-corrected chi connectivity index (χ4v) is 2.89. The van der Waals surface area contributed by atoms with Crippen LogP contribution in [0.5, 0.6) is 0 Å². The molecule has 1 fully saturated rings. The van der Waals surface area contributed by atoms with Crippen LogP contribution in [0.1, 0.15) is 11.5 Å². The van der Waals surface area contributed by atoms with Crippen molar-refractivity contribution in [2.45, 2.75) is 5.92 Å². The Balaban J connectivity index is 0.00000264. The maximum Gasteiger partial charge on any atom is 0.227 e. The first-order valence-corrected chi connectivity index (χ1v) is 7.63. The van der Waals surface area contributed by atoms with Crippen LogP contribution in [0.4, 0.5) is 0 Å². The van der Waals surface area contributed by atoms with E-state index < -0.39 is 0 Å². The van der Waals surface area contributed by atoms with E-state index in [4.69, 9.17) is 9.47 Å². The summed E-state index contributed by atoms with van der Waals surface area (Å²) in [5.74, 6) is 0.277. The molecule has 0 radical (unpaired) electrons. The minimum atomic E-state index is -0.0575. The third-order valence-electron chi connectivity index (χ3n) is 4.13. The molecule has 8 heteroatoms. The molecule has 0 bridgehead atoms. The Morgan fingerprint density at radius 2 is 2.00 bits per heavy atom. The van der Waals surface area contributed by atoms with Crippen molar-refractivity contribution in [3.05, 3.63) is 18.0 Å². The number of carbonyl (C=O) groups is 1. The molecule has 2 rings (SSSR count). The minimum absolute atomic E-state index is 0. The molecular weight excluding hydrogens is 320 g/mol. The van der Waals surface area contributed by atoms with E-state index in [1.165, 1.54) is 0 Å². The number of carbonyl (C=O) groups excluding carboxylic acids is 1. The molecule has 0 unspecified atom stereocenters. The van der Waals surface area contributed by atoms with E-state index in [1.807, 2.05) is 24.3 Å². The number of aromatic nitrogens is 2. The van der Waals surface area contributed by atoms with Crippen LogP contribution in [-0.4, -0.2) is 74.2 Å². The van der Waals surface area contributed by atoms with Crippen LogP contribution in [0.25, 0.3) is 0 Å². The topological polar surface area (TPSA) is 68.6 Å². The predicted molar refractivity (Wildman–Crippen MR) is 89.9 cm³/mol. The lowest BCUT2D eigenvalue weighted by Gasteiger charge is -2.27. The number of aryl methyl sites for hydroxylation is 1. The first-order valence-electron chi connectivity index (χ1n) is 7.63. The average Bonchev–Trinajstić information content (AvgIpc) is 3.15. The van der Waals surface area contributed by atoms with Crippen LogP contribution >= 0.6 is 12.4 Å². The third kappa shape index (κ3) is 5.17. The van der Waals surface area contributed by atoms with Crippen molar-refractivity contribution >= 4 is 18.3 Å². The summed E-state index contributed by atoms with van der Waals surface area (Å²) >= 11 is 0. The number of amides is 1. The van der Waals surface area contributed by atoms with Gasteiger partial charge in [0.2, 0.25) is 5.91 Å². The van der Waals surface area contributed by atoms with Gasteiger partial charge in [-0.25, -0.2) is 0 Å². The molecule has 0 aromatic carbocycles. The maximum absolute atomic E-state index is 12.9. The summed E-state index contributed by atoms with van der Waals surface area (Å²) in [7, 11) is 5.19. The molecule has 132 valence electrons. The van der Waals surface area contributed by atoms with Crippen LogP contribution in [0.2, 0.25) is 0 Å². The molecular formula is C15H27ClN4O3. The first kappa shape index (κ1) is 19.9. The van der Waals surface area contributed by atoms with Crippen molar-refractivity contribution in [1.29, 1.82) is 0 Å². The number of hydrogen-bond donors (Lipinski definition) is 1. The first-order chi connectivity index (χ1) is 10.7. The van der Waals surface area contributed by atoms with E-state index in [0.29, 0.717) is 32.8 Å². The molecule has 1 aliphatic heterocycles. The zero-order chi connectivity index (χ0) is 15.9. The van der Waals surface area contributed by atoms with Crippen molar-refractivity contribution in [2.24, 2.45) is 13.0 Å². The molecule has 2 atom stereocenters. The molecule has 1 aromatic heterocycles. The Bertz CT molecular complexity index is 475. The Kier molecular flexibility index (Phi) is 8.54. The van der Waals surface area contributed by atoms with Gasteiger partial charge in [0.25, 0.3) is 0 Å². The van der Waals surface area contributed by atoms with Gasteiger partial charge in [-0.2, -0.15) is 5.10 Å². The zero-order valence-corrected chi connectivity index (χ0v) is 14.8. The van der Waals surface area contributed by atoms with Gasteiger partial charge in [-0.1, -0.05) is 0 Å². The van der Waals surface area contributed by atoms with Crippen molar-refractivity contribution < 1.29 is 14.3 Å². The number of nitrogens with zero attached hydrogens (tertiary/aromatic N) is 3. The van der Waals surface area contributed by atoms with Crippen molar-refractivity contribution in [3.63, 3.8) is 0 Å². The molecule has 7 nitrogen and oxygen atoms in total. The lowest BCUT2D eigenvalue weighted by Crippen LogP contribution is -2.42. The van der Waals surface area contributed by atoms with E-state index in [-0.39, 0.29) is 30.2 Å². The monoisotopic (exact) mass is 346 g/mol. The van der Waals surface area contributed by atoms with Crippen LogP contribution in [0, 0.1) is 5.92 Å². The SMILES string of the molecule is COCCN(CCOC)C(=O)[C@H]1CNC[C@@H]1c1cnn(C)c1.Cl. The Morgan fingerprint density at radius 3 is 2.52 bits per heavy atom. The molecule has 1 saturated heterocycles. The zero-order valence-electron chi connectivity index (χ0n) is 14.0. The van der Waals surface area contributed by atoms with Gasteiger partial charge in [-0.15, -0.1) is 12.4 Å². The fraction of sp³-hybridized carbons (Fsp3) is 0.733. The average molecular weight is 347 g/mol. The van der Waals surface area contributed by atoms with Gasteiger partial charge in [0.05, 0.1) is 25.3 Å². The summed E-state index contributed by atoms with van der Waals surface area (Å²) in [6.45, 7) is 3.77. The number of nitrogens with one attached hydrogen (secondary N) is 1. The molecule has 0 aliphatic carbocycles. The molecule has 1 aromatic rings. The smallest absolute Gasteiger partial charge is 0.227 e. The Morgan fingerprint density at radius 1 is 1.35 bits per heavy atom. The van der Waals surface area contributed by atoms with Crippen LogP contribution < -0.4 is 5.32 Å². The van der Waals surface area contributed by atoms with Gasteiger partial charge < -0.3 is 19.7 Å². The van der Waals surface area contributed by atoms with Crippen molar-refractivity contribution in [3.8, 4) is 0 Å². The second-order valence-corrected chi connectivity index (χ2v) is 5.63. The lowest BCUT2D eigenvalue weighted by molar-refractivity contribution is -0.136. The summed E-state index contributed by atoms with van der Waals surface area (Å²) in [5.41, 5.74) is 1.12. The van der Waals surface area contributed by atoms with Gasteiger partial charge in [0.15, 0.2) is 0 Å². The van der Waals surface area contributed by atoms with E-state index in [9.17, 15) is 4.79 Å². The van der Waals surface area contributed by atoms with Gasteiger partial charge in [0, 0.05) is 59.6 Å². The molecule has 2 heterocycles. The molecule has 23 heavy (non-hydrogen) atoms. The minimum Gasteiger partial charge on any atom is -0.383 e. The van der Waals surface area contributed by atoms with Crippen molar-refractivity contribution in [2.75, 3.05) is 53.6 Å². The van der Waals surface area contributed by atoms with Crippen LogP contribution in [-0.2, 0) is 21.3 Å². The number of ether oxygens (including phenoxy) is 2. The van der Waals surface area contributed by atoms with Gasteiger partial charge in [0.1, 0.15) is 0 Å². The highest BCUT2D eigenvalue weighted by Crippen LogP contribution is 2.29. The quantitative estimate of drug-likeness (QED) is 0.731. The van der Waals surface area contributed by atoms with Gasteiger partial charge >= 0.3 is 0 Å². The maximum atomic E-state index is 12.9. The normalized spacial score (nSPS) is 20.3. The fourth-order valence-electron chi connectivity index (χ4n) is 2.89. The number of rotatable bonds is 8. The highest BCUT2D eigenvalue weighted by Gasteiger charge is 2.36. The van der Waals surface area contributed by atoms with Crippen molar-refractivity contribution in [1.82, 2.24) is 20.0 Å². The summed E-state index contributed by atoms with van der Waals surface area (Å²) in [4.78, 5) is 14.7. The largest absolute Gasteiger partial charge is 0.383 e. The standard InChI is InChI=1S/C15H26N4O3.ClH/c1-18-11-12(8-17-18)13-9-16-10-14(13)15(20)19(4-6-21-2)5-7-22-3;/h8,11,13-14,16H,4-7,9-10H2,1-3H3;1H/t13-,14+;/m1./s1. The van der Waals surface area contributed by atoms with Gasteiger partial charge in [-0.05, 0) is 5.56 Å². The summed E-state index contributed by atoms with van der Waals surface area (Å²) in [6.07, 6.45) is 3.85. The van der Waals surface area contributed by atoms with Gasteiger partial charge in [-0.3, -0.25) is 9.48 Å². The Labute approximate surface area is 143 Å². The molecule has 0 spiro atoms. The van der Waals surface area contributed by atoms with E-state index in [1.54, 1.807) is 18.9 Å². The number of hydrogen-bond acceptors (Lipinski definition) is 5. The third-order valence-corrected chi connectivity index (χ3v) is 4.13. The second-order valence-electron chi connectivity index (χ2n) is 5.63. The summed E-state index contributed by atoms with van der Waals surface area (Å²) in [5, 5.41) is 7.55. The predicted octanol–water partition coefficient (Wildman–Crippen LogP) is 0.266. The highest BCUT2D eigenvalue weighted by molar-refractivity contribution is 5.85. The van der Waals surface area contributed by atoms with E-state index >= 15 is 0 Å². The van der Waals surface area contributed by atoms with Crippen LogP contribution in [0.3, 0.4) is 0 Å². The van der Waals surface area contributed by atoms with E-state index in [2.05, 4.69) is 10.4 Å². The highest BCUT2D eigenvalue weighted by atomic mass is 35.5. The summed E-state index contributed by atoms with van der Waals surface area (Å²) in [6, 6.07) is 0. The van der Waals surface area contributed by atoms with E-state index in [0.717, 1.165) is 12.1 Å². The van der Waals surface area contributed by atoms with Crippen LogP contribution in [0.15, 0.2) is 12.4 Å². The molecule has 1 N–H and O–H groups in total. The lowest BCUT2D eigenvalue weighted by atomic mass is 9.90. The Hall–Kier alpha value is -1.15. The summed E-state index contributed by atoms with van der Waals surface area (Å²) < 4.78 is 12.0. The number of methoxy groups -OCH3 is 2. The second kappa shape index (κ2) is 9.87. The molecule has 1 amide bonds. The molecule has 0 saturated carbocycles.